The first-order valence-electron chi connectivity index (χ1n) is 8.94. The van der Waals surface area contributed by atoms with Crippen molar-refractivity contribution in [2.75, 3.05) is 11.5 Å². The predicted molar refractivity (Wildman–Crippen MR) is 101 cm³/mol. The average molecular weight is 413 g/mol. The highest BCUT2D eigenvalue weighted by Crippen LogP contribution is 2.28. The van der Waals surface area contributed by atoms with Crippen molar-refractivity contribution in [3.8, 4) is 5.75 Å². The van der Waals surface area contributed by atoms with Crippen LogP contribution in [0.25, 0.3) is 0 Å². The maximum Gasteiger partial charge on any atom is 0.573 e. The topological polar surface area (TPSA) is 47.4 Å². The van der Waals surface area contributed by atoms with Crippen LogP contribution in [0, 0.1) is 6.92 Å². The molecular weight excluding hydrogens is 391 g/mol. The number of imidazole rings is 1. The summed E-state index contributed by atoms with van der Waals surface area (Å²) in [7, 11) is 1.78. The number of hydrogen-bond acceptors (Lipinski definition) is 4. The van der Waals surface area contributed by atoms with Gasteiger partial charge >= 0.3 is 6.36 Å². The van der Waals surface area contributed by atoms with Crippen LogP contribution in [0.3, 0.4) is 0 Å². The smallest absolute Gasteiger partial charge is 0.406 e. The molecule has 1 aromatic carbocycles. The number of aromatic nitrogens is 2. The number of hydrogen-bond donors (Lipinski definition) is 0. The number of thioether (sulfide) groups is 1. The molecule has 2 heterocycles. The van der Waals surface area contributed by atoms with Crippen LogP contribution in [0.1, 0.15) is 34.5 Å². The fourth-order valence-corrected chi connectivity index (χ4v) is 4.42. The molecule has 0 saturated carbocycles. The first-order valence-corrected chi connectivity index (χ1v) is 10.1. The Balaban J connectivity index is 1.87. The number of halogens is 3. The van der Waals surface area contributed by atoms with E-state index in [9.17, 15) is 18.0 Å². The van der Waals surface area contributed by atoms with Crippen molar-refractivity contribution < 1.29 is 22.7 Å². The van der Waals surface area contributed by atoms with Crippen LogP contribution in [-0.4, -0.2) is 44.3 Å². The second kappa shape index (κ2) is 8.46. The molecule has 9 heteroatoms. The van der Waals surface area contributed by atoms with Crippen LogP contribution in [0.15, 0.2) is 30.7 Å². The summed E-state index contributed by atoms with van der Waals surface area (Å²) in [6.45, 7) is 1.91. The molecule has 1 fully saturated rings. The van der Waals surface area contributed by atoms with Gasteiger partial charge in [-0.15, -0.1) is 13.2 Å². The summed E-state index contributed by atoms with van der Waals surface area (Å²) in [5.41, 5.74) is 1.57. The average Bonchev–Trinajstić information content (AvgIpc) is 3.04. The van der Waals surface area contributed by atoms with E-state index in [1.807, 2.05) is 11.8 Å². The summed E-state index contributed by atoms with van der Waals surface area (Å²) >= 11 is 1.84. The van der Waals surface area contributed by atoms with Gasteiger partial charge in [0.15, 0.2) is 0 Å². The van der Waals surface area contributed by atoms with Gasteiger partial charge in [0.25, 0.3) is 5.91 Å². The van der Waals surface area contributed by atoms with Gasteiger partial charge in [-0.05, 0) is 54.5 Å². The summed E-state index contributed by atoms with van der Waals surface area (Å²) in [6, 6.07) is 4.48. The fraction of sp³-hybridized carbons (Fsp3) is 0.474. The van der Waals surface area contributed by atoms with Crippen molar-refractivity contribution in [2.45, 2.75) is 38.7 Å². The SMILES string of the molecule is Cc1cc(CN(C(=O)c2cn(C)cn2)C2CCSCC2)cc(OC(F)(F)F)c1. The number of aryl methyl sites for hydroxylation is 2. The van der Waals surface area contributed by atoms with Crippen LogP contribution in [-0.2, 0) is 13.6 Å². The lowest BCUT2D eigenvalue weighted by Crippen LogP contribution is -2.42. The Kier molecular flexibility index (Phi) is 6.22. The van der Waals surface area contributed by atoms with E-state index < -0.39 is 6.36 Å². The molecule has 1 amide bonds. The maximum atomic E-state index is 13.1. The second-order valence-electron chi connectivity index (χ2n) is 6.90. The molecule has 1 aliphatic heterocycles. The highest BCUT2D eigenvalue weighted by Gasteiger charge is 2.32. The quantitative estimate of drug-likeness (QED) is 0.738. The molecular formula is C19H22F3N3O2S. The maximum absolute atomic E-state index is 13.1. The second-order valence-corrected chi connectivity index (χ2v) is 8.13. The number of alkyl halides is 3. The molecule has 3 rings (SSSR count). The van der Waals surface area contributed by atoms with Crippen LogP contribution >= 0.6 is 11.8 Å². The van der Waals surface area contributed by atoms with E-state index in [0.29, 0.717) is 16.8 Å². The van der Waals surface area contributed by atoms with Crippen molar-refractivity contribution in [2.24, 2.45) is 7.05 Å². The summed E-state index contributed by atoms with van der Waals surface area (Å²) in [4.78, 5) is 19.0. The molecule has 5 nitrogen and oxygen atoms in total. The van der Waals surface area contributed by atoms with Crippen molar-refractivity contribution in [3.63, 3.8) is 0 Å². The zero-order valence-electron chi connectivity index (χ0n) is 15.7. The van der Waals surface area contributed by atoms with Crippen molar-refractivity contribution in [1.82, 2.24) is 14.5 Å². The number of benzene rings is 1. The third kappa shape index (κ3) is 5.43. The Morgan fingerprint density at radius 3 is 2.64 bits per heavy atom. The molecule has 0 spiro atoms. The molecule has 1 aliphatic rings. The van der Waals surface area contributed by atoms with Gasteiger partial charge in [-0.3, -0.25) is 4.79 Å². The minimum Gasteiger partial charge on any atom is -0.406 e. The molecule has 0 bridgehead atoms. The molecule has 1 saturated heterocycles. The molecule has 152 valence electrons. The Morgan fingerprint density at radius 2 is 2.04 bits per heavy atom. The minimum absolute atomic E-state index is 0.0308. The molecule has 0 atom stereocenters. The Bertz CT molecular complexity index is 832. The van der Waals surface area contributed by atoms with Gasteiger partial charge in [0.1, 0.15) is 11.4 Å². The van der Waals surface area contributed by atoms with Gasteiger partial charge in [0.05, 0.1) is 6.33 Å². The van der Waals surface area contributed by atoms with Crippen LogP contribution in [0.4, 0.5) is 13.2 Å². The molecule has 0 N–H and O–H groups in total. The third-order valence-corrected chi connectivity index (χ3v) is 5.56. The minimum atomic E-state index is -4.75. The summed E-state index contributed by atoms with van der Waals surface area (Å²) < 4.78 is 43.6. The Hall–Kier alpha value is -2.16. The first-order chi connectivity index (χ1) is 13.2. The number of carbonyl (C=O) groups excluding carboxylic acids is 1. The molecule has 1 aromatic heterocycles. The van der Waals surface area contributed by atoms with E-state index in [4.69, 9.17) is 0 Å². The summed E-state index contributed by atoms with van der Waals surface area (Å²) in [5.74, 6) is 1.42. The van der Waals surface area contributed by atoms with Gasteiger partial charge < -0.3 is 14.2 Å². The predicted octanol–water partition coefficient (Wildman–Crippen LogP) is 4.17. The van der Waals surface area contributed by atoms with Crippen LogP contribution in [0.2, 0.25) is 0 Å². The number of carbonyl (C=O) groups is 1. The van der Waals surface area contributed by atoms with E-state index in [2.05, 4.69) is 9.72 Å². The van der Waals surface area contributed by atoms with Crippen molar-refractivity contribution in [1.29, 1.82) is 0 Å². The number of rotatable bonds is 5. The third-order valence-electron chi connectivity index (χ3n) is 4.51. The van der Waals surface area contributed by atoms with E-state index in [1.54, 1.807) is 42.0 Å². The molecule has 0 unspecified atom stereocenters. The Morgan fingerprint density at radius 1 is 1.32 bits per heavy atom. The largest absolute Gasteiger partial charge is 0.573 e. The highest BCUT2D eigenvalue weighted by atomic mass is 32.2. The van der Waals surface area contributed by atoms with Crippen molar-refractivity contribution in [3.05, 3.63) is 47.5 Å². The number of nitrogens with zero attached hydrogens (tertiary/aromatic N) is 3. The first kappa shape index (κ1) is 20.6. The zero-order valence-corrected chi connectivity index (χ0v) is 16.5. The van der Waals surface area contributed by atoms with E-state index in [-0.39, 0.29) is 24.2 Å². The van der Waals surface area contributed by atoms with E-state index >= 15 is 0 Å². The molecule has 2 aromatic rings. The molecule has 0 radical (unpaired) electrons. The van der Waals surface area contributed by atoms with Gasteiger partial charge in [0, 0.05) is 25.8 Å². The van der Waals surface area contributed by atoms with E-state index in [0.717, 1.165) is 24.3 Å². The monoisotopic (exact) mass is 413 g/mol. The zero-order chi connectivity index (χ0) is 20.3. The lowest BCUT2D eigenvalue weighted by Gasteiger charge is -2.34. The van der Waals surface area contributed by atoms with Crippen molar-refractivity contribution >= 4 is 17.7 Å². The lowest BCUT2D eigenvalue weighted by molar-refractivity contribution is -0.274. The number of amides is 1. The summed E-state index contributed by atoms with van der Waals surface area (Å²) in [5, 5.41) is 0. The normalized spacial score (nSPS) is 15.5. The van der Waals surface area contributed by atoms with Gasteiger partial charge in [0.2, 0.25) is 0 Å². The van der Waals surface area contributed by atoms with Gasteiger partial charge in [-0.25, -0.2) is 4.98 Å². The van der Waals surface area contributed by atoms with Gasteiger partial charge in [-0.2, -0.15) is 11.8 Å². The number of ether oxygens (including phenoxy) is 1. The highest BCUT2D eigenvalue weighted by molar-refractivity contribution is 7.99. The standard InChI is InChI=1S/C19H22F3N3O2S/c1-13-7-14(9-16(8-13)27-19(20,21)22)10-25(15-3-5-28-6-4-15)18(26)17-11-24(2)12-23-17/h7-9,11-12,15H,3-6,10H2,1-2H3. The summed E-state index contributed by atoms with van der Waals surface area (Å²) in [6.07, 6.45) is 0.155. The van der Waals surface area contributed by atoms with Gasteiger partial charge in [-0.1, -0.05) is 6.07 Å². The fourth-order valence-electron chi connectivity index (χ4n) is 3.34. The molecule has 28 heavy (non-hydrogen) atoms. The van der Waals surface area contributed by atoms with E-state index in [1.165, 1.54) is 12.1 Å². The lowest BCUT2D eigenvalue weighted by atomic mass is 10.1. The molecule has 0 aliphatic carbocycles. The van der Waals surface area contributed by atoms with Crippen LogP contribution in [0.5, 0.6) is 5.75 Å². The Labute approximate surface area is 165 Å². The van der Waals surface area contributed by atoms with Crippen LogP contribution < -0.4 is 4.74 Å².